The van der Waals surface area contributed by atoms with Gasteiger partial charge >= 0.3 is 5.97 Å². The van der Waals surface area contributed by atoms with Crippen LogP contribution in [0.3, 0.4) is 0 Å². The fourth-order valence-corrected chi connectivity index (χ4v) is 1.92. The van der Waals surface area contributed by atoms with E-state index >= 15 is 0 Å². The second kappa shape index (κ2) is 4.81. The normalized spacial score (nSPS) is 10.1. The molecular weight excluding hydrogens is 246 g/mol. The van der Waals surface area contributed by atoms with Gasteiger partial charge in [0.1, 0.15) is 5.75 Å². The number of phenolic OH excluding ortho intramolecular Hbond substituents is 1. The third kappa shape index (κ3) is 2.26. The van der Waals surface area contributed by atoms with E-state index in [-0.39, 0.29) is 22.4 Å². The van der Waals surface area contributed by atoms with Gasteiger partial charge in [0, 0.05) is 5.56 Å². The molecule has 96 valence electrons. The SMILES string of the molecule is NC(=O)c1c(C(=O)O)ccc(O)c1-c1ccccc1. The van der Waals surface area contributed by atoms with Crippen LogP contribution in [0.5, 0.6) is 5.75 Å². The van der Waals surface area contributed by atoms with Crippen LogP contribution in [0.4, 0.5) is 0 Å². The highest BCUT2D eigenvalue weighted by Gasteiger charge is 2.22. The zero-order chi connectivity index (χ0) is 14.0. The lowest BCUT2D eigenvalue weighted by molar-refractivity contribution is 0.0692. The lowest BCUT2D eigenvalue weighted by Gasteiger charge is -2.12. The van der Waals surface area contributed by atoms with Crippen molar-refractivity contribution in [3.63, 3.8) is 0 Å². The molecule has 0 bridgehead atoms. The minimum absolute atomic E-state index is 0.132. The fraction of sp³-hybridized carbons (Fsp3) is 0. The number of aromatic carboxylic acids is 1. The van der Waals surface area contributed by atoms with E-state index in [1.807, 2.05) is 0 Å². The van der Waals surface area contributed by atoms with Crippen molar-refractivity contribution in [1.82, 2.24) is 0 Å². The fourth-order valence-electron chi connectivity index (χ4n) is 1.92. The van der Waals surface area contributed by atoms with E-state index in [9.17, 15) is 14.7 Å². The van der Waals surface area contributed by atoms with Gasteiger partial charge in [0.2, 0.25) is 5.91 Å². The number of carboxylic acid groups (broad SMARTS) is 1. The Morgan fingerprint density at radius 2 is 1.63 bits per heavy atom. The van der Waals surface area contributed by atoms with E-state index in [0.29, 0.717) is 5.56 Å². The van der Waals surface area contributed by atoms with E-state index in [1.165, 1.54) is 6.07 Å². The predicted octanol–water partition coefficient (Wildman–Crippen LogP) is 1.86. The molecule has 0 atom stereocenters. The lowest BCUT2D eigenvalue weighted by Crippen LogP contribution is -2.17. The van der Waals surface area contributed by atoms with Gasteiger partial charge in [-0.25, -0.2) is 4.79 Å². The summed E-state index contributed by atoms with van der Waals surface area (Å²) in [6.45, 7) is 0. The quantitative estimate of drug-likeness (QED) is 0.781. The monoisotopic (exact) mass is 257 g/mol. The Bertz CT molecular complexity index is 650. The van der Waals surface area contributed by atoms with Crippen LogP contribution in [0.1, 0.15) is 20.7 Å². The molecule has 0 fully saturated rings. The van der Waals surface area contributed by atoms with Crippen LogP contribution < -0.4 is 5.73 Å². The van der Waals surface area contributed by atoms with Crippen LogP contribution >= 0.6 is 0 Å². The highest BCUT2D eigenvalue weighted by Crippen LogP contribution is 2.34. The summed E-state index contributed by atoms with van der Waals surface area (Å²) < 4.78 is 0. The van der Waals surface area contributed by atoms with Crippen molar-refractivity contribution in [1.29, 1.82) is 0 Å². The summed E-state index contributed by atoms with van der Waals surface area (Å²) in [6.07, 6.45) is 0. The van der Waals surface area contributed by atoms with E-state index < -0.39 is 11.9 Å². The molecule has 0 aromatic heterocycles. The molecule has 0 aliphatic heterocycles. The van der Waals surface area contributed by atoms with Gasteiger partial charge in [-0.1, -0.05) is 30.3 Å². The first kappa shape index (κ1) is 12.6. The highest BCUT2D eigenvalue weighted by atomic mass is 16.4. The van der Waals surface area contributed by atoms with Crippen molar-refractivity contribution in [3.05, 3.63) is 53.6 Å². The molecule has 0 radical (unpaired) electrons. The Labute approximate surface area is 108 Å². The standard InChI is InChI=1S/C14H11NO4/c15-13(17)12-9(14(18)19)6-7-10(16)11(12)8-4-2-1-3-5-8/h1-7,16H,(H2,15,17)(H,18,19). The summed E-state index contributed by atoms with van der Waals surface area (Å²) in [5.74, 6) is -2.36. The molecule has 5 nitrogen and oxygen atoms in total. The van der Waals surface area contributed by atoms with Crippen LogP contribution in [-0.4, -0.2) is 22.1 Å². The first-order chi connectivity index (χ1) is 9.02. The number of amides is 1. The molecule has 4 N–H and O–H groups in total. The maximum Gasteiger partial charge on any atom is 0.336 e. The number of hydrogen-bond acceptors (Lipinski definition) is 3. The Hall–Kier alpha value is -2.82. The molecule has 5 heteroatoms. The van der Waals surface area contributed by atoms with E-state index in [2.05, 4.69) is 0 Å². The number of rotatable bonds is 3. The van der Waals surface area contributed by atoms with Crippen LogP contribution in [0.25, 0.3) is 11.1 Å². The zero-order valence-corrected chi connectivity index (χ0v) is 9.83. The van der Waals surface area contributed by atoms with Gasteiger partial charge in [-0.05, 0) is 17.7 Å². The van der Waals surface area contributed by atoms with Crippen LogP contribution in [0.2, 0.25) is 0 Å². The highest BCUT2D eigenvalue weighted by molar-refractivity contribution is 6.10. The molecule has 1 amide bonds. The van der Waals surface area contributed by atoms with Crippen molar-refractivity contribution < 1.29 is 19.8 Å². The first-order valence-electron chi connectivity index (χ1n) is 5.47. The molecule has 0 aliphatic rings. The molecule has 2 aromatic carbocycles. The van der Waals surface area contributed by atoms with Crippen molar-refractivity contribution in [2.45, 2.75) is 0 Å². The van der Waals surface area contributed by atoms with E-state index in [1.54, 1.807) is 30.3 Å². The number of carboxylic acids is 1. The number of primary amides is 1. The summed E-state index contributed by atoms with van der Waals surface area (Å²) in [6, 6.07) is 10.9. The molecule has 2 aromatic rings. The maximum atomic E-state index is 11.5. The summed E-state index contributed by atoms with van der Waals surface area (Å²) in [5.41, 5.74) is 5.48. The van der Waals surface area contributed by atoms with Crippen LogP contribution in [-0.2, 0) is 0 Å². The predicted molar refractivity (Wildman–Crippen MR) is 69.0 cm³/mol. The van der Waals surface area contributed by atoms with Gasteiger partial charge in [0.25, 0.3) is 0 Å². The average Bonchev–Trinajstić information content (AvgIpc) is 2.38. The average molecular weight is 257 g/mol. The number of aromatic hydroxyl groups is 1. The molecule has 0 unspecified atom stereocenters. The second-order valence-corrected chi connectivity index (χ2v) is 3.92. The molecule has 0 saturated carbocycles. The Morgan fingerprint density at radius 3 is 2.16 bits per heavy atom. The summed E-state index contributed by atoms with van der Waals surface area (Å²) in [7, 11) is 0. The topological polar surface area (TPSA) is 101 Å². The Morgan fingerprint density at radius 1 is 1.00 bits per heavy atom. The third-order valence-corrected chi connectivity index (χ3v) is 2.72. The number of hydrogen-bond donors (Lipinski definition) is 3. The van der Waals surface area contributed by atoms with Crippen molar-refractivity contribution in [2.75, 3.05) is 0 Å². The van der Waals surface area contributed by atoms with Gasteiger partial charge in [-0.2, -0.15) is 0 Å². The summed E-state index contributed by atoms with van der Waals surface area (Å²) in [4.78, 5) is 22.7. The van der Waals surface area contributed by atoms with Gasteiger partial charge in [-0.3, -0.25) is 4.79 Å². The molecule has 0 spiro atoms. The summed E-state index contributed by atoms with van der Waals surface area (Å²) >= 11 is 0. The van der Waals surface area contributed by atoms with Gasteiger partial charge in [-0.15, -0.1) is 0 Å². The van der Waals surface area contributed by atoms with Crippen molar-refractivity contribution >= 4 is 11.9 Å². The second-order valence-electron chi connectivity index (χ2n) is 3.92. The largest absolute Gasteiger partial charge is 0.507 e. The molecule has 0 saturated heterocycles. The zero-order valence-electron chi connectivity index (χ0n) is 9.83. The number of carbonyl (C=O) groups excluding carboxylic acids is 1. The van der Waals surface area contributed by atoms with Crippen molar-refractivity contribution in [2.24, 2.45) is 5.73 Å². The lowest BCUT2D eigenvalue weighted by atomic mass is 9.94. The molecule has 0 aliphatic carbocycles. The first-order valence-corrected chi connectivity index (χ1v) is 5.47. The smallest absolute Gasteiger partial charge is 0.336 e. The number of carbonyl (C=O) groups is 2. The van der Waals surface area contributed by atoms with Gasteiger partial charge in [0.05, 0.1) is 11.1 Å². The Kier molecular flexibility index (Phi) is 3.20. The third-order valence-electron chi connectivity index (χ3n) is 2.72. The maximum absolute atomic E-state index is 11.5. The summed E-state index contributed by atoms with van der Waals surface area (Å²) in [5, 5.41) is 19.0. The Balaban J connectivity index is 2.82. The van der Waals surface area contributed by atoms with Crippen LogP contribution in [0, 0.1) is 0 Å². The van der Waals surface area contributed by atoms with E-state index in [0.717, 1.165) is 6.07 Å². The molecule has 19 heavy (non-hydrogen) atoms. The minimum atomic E-state index is -1.27. The van der Waals surface area contributed by atoms with Crippen LogP contribution in [0.15, 0.2) is 42.5 Å². The number of nitrogens with two attached hydrogens (primary N) is 1. The van der Waals surface area contributed by atoms with Gasteiger partial charge < -0.3 is 15.9 Å². The molecule has 2 rings (SSSR count). The number of benzene rings is 2. The molecule has 0 heterocycles. The van der Waals surface area contributed by atoms with E-state index in [4.69, 9.17) is 10.8 Å². The number of phenols is 1. The molecular formula is C14H11NO4. The van der Waals surface area contributed by atoms with Gasteiger partial charge in [0.15, 0.2) is 0 Å². The van der Waals surface area contributed by atoms with Crippen molar-refractivity contribution in [3.8, 4) is 16.9 Å². The minimum Gasteiger partial charge on any atom is -0.507 e.